The number of allylic oxidation sites excluding steroid dienone is 3. The molecule has 0 amide bonds. The van der Waals surface area contributed by atoms with Crippen LogP contribution in [0.15, 0.2) is 48.6 Å². The first-order valence-electron chi connectivity index (χ1n) is 4.26. The maximum Gasteiger partial charge on any atom is -0.0166 e. The van der Waals surface area contributed by atoms with E-state index >= 15 is 0 Å². The van der Waals surface area contributed by atoms with E-state index < -0.39 is 0 Å². The quantitative estimate of drug-likeness (QED) is 0.589. The molecule has 0 aromatic heterocycles. The molecule has 62 valence electrons. The molecule has 12 heavy (non-hydrogen) atoms. The second-order valence-corrected chi connectivity index (χ2v) is 2.62. The molecule has 0 aliphatic rings. The number of hydrogen-bond donors (Lipinski definition) is 0. The summed E-state index contributed by atoms with van der Waals surface area (Å²) in [4.78, 5) is 0. The van der Waals surface area contributed by atoms with Gasteiger partial charge in [-0.15, -0.1) is 0 Å². The zero-order chi connectivity index (χ0) is 8.65. The molecule has 0 atom stereocenters. The Kier molecular flexibility index (Phi) is 3.93. The molecule has 0 aliphatic heterocycles. The summed E-state index contributed by atoms with van der Waals surface area (Å²) in [5.74, 6) is 0. The predicted molar refractivity (Wildman–Crippen MR) is 54.9 cm³/mol. The molecule has 0 fully saturated rings. The predicted octanol–water partition coefficient (Wildman–Crippen LogP) is 3.67. The molecule has 0 bridgehead atoms. The van der Waals surface area contributed by atoms with Gasteiger partial charge in [0.2, 0.25) is 0 Å². The highest BCUT2D eigenvalue weighted by molar-refractivity contribution is 5.48. The van der Waals surface area contributed by atoms with E-state index in [0.717, 1.165) is 6.42 Å². The molecule has 0 spiro atoms. The average molecular weight is 158 g/mol. The molecule has 1 rings (SSSR count). The molecule has 0 unspecified atom stereocenters. The van der Waals surface area contributed by atoms with E-state index in [0.29, 0.717) is 0 Å². The van der Waals surface area contributed by atoms with Gasteiger partial charge in [0.1, 0.15) is 0 Å². The Bertz CT molecular complexity index is 255. The Labute approximate surface area is 74.2 Å². The van der Waals surface area contributed by atoms with Crippen molar-refractivity contribution < 1.29 is 0 Å². The average Bonchev–Trinajstić information content (AvgIpc) is 2.14. The third-order valence-electron chi connectivity index (χ3n) is 1.62. The molecule has 0 aliphatic carbocycles. The fourth-order valence-electron chi connectivity index (χ4n) is 0.983. The summed E-state index contributed by atoms with van der Waals surface area (Å²) in [7, 11) is 0. The number of rotatable bonds is 3. The van der Waals surface area contributed by atoms with Gasteiger partial charge in [0.25, 0.3) is 0 Å². The van der Waals surface area contributed by atoms with Crippen LogP contribution in [-0.4, -0.2) is 0 Å². The lowest BCUT2D eigenvalue weighted by Gasteiger charge is -1.89. The summed E-state index contributed by atoms with van der Waals surface area (Å²) in [5, 5.41) is 0. The SMILES string of the molecule is C/C=C\C/C=C\c1ccccc1. The van der Waals surface area contributed by atoms with E-state index in [-0.39, 0.29) is 0 Å². The second-order valence-electron chi connectivity index (χ2n) is 2.62. The van der Waals surface area contributed by atoms with Crippen molar-refractivity contribution in [3.8, 4) is 0 Å². The van der Waals surface area contributed by atoms with Crippen molar-refractivity contribution in [3.63, 3.8) is 0 Å². The lowest BCUT2D eigenvalue weighted by atomic mass is 10.2. The monoisotopic (exact) mass is 158 g/mol. The van der Waals surface area contributed by atoms with Crippen LogP contribution in [0.2, 0.25) is 0 Å². The Morgan fingerprint density at radius 3 is 2.50 bits per heavy atom. The van der Waals surface area contributed by atoms with E-state index in [2.05, 4.69) is 48.6 Å². The van der Waals surface area contributed by atoms with Crippen LogP contribution in [0.1, 0.15) is 18.9 Å². The van der Waals surface area contributed by atoms with Crippen LogP contribution >= 0.6 is 0 Å². The molecule has 0 nitrogen and oxygen atoms in total. The van der Waals surface area contributed by atoms with E-state index in [9.17, 15) is 0 Å². The maximum absolute atomic E-state index is 2.16. The van der Waals surface area contributed by atoms with Crippen LogP contribution in [0.5, 0.6) is 0 Å². The number of benzene rings is 1. The first-order valence-corrected chi connectivity index (χ1v) is 4.26. The van der Waals surface area contributed by atoms with Crippen molar-refractivity contribution >= 4 is 6.08 Å². The van der Waals surface area contributed by atoms with Crippen molar-refractivity contribution in [2.75, 3.05) is 0 Å². The van der Waals surface area contributed by atoms with Gasteiger partial charge in [0.05, 0.1) is 0 Å². The smallest absolute Gasteiger partial charge is 0.0166 e. The van der Waals surface area contributed by atoms with Gasteiger partial charge < -0.3 is 0 Å². The summed E-state index contributed by atoms with van der Waals surface area (Å²) >= 11 is 0. The highest BCUT2D eigenvalue weighted by atomic mass is 13.9. The minimum atomic E-state index is 1.02. The fraction of sp³-hybridized carbons (Fsp3) is 0.167. The third-order valence-corrected chi connectivity index (χ3v) is 1.62. The van der Waals surface area contributed by atoms with Gasteiger partial charge in [-0.25, -0.2) is 0 Å². The summed E-state index contributed by atoms with van der Waals surface area (Å²) in [6.07, 6.45) is 9.52. The largest absolute Gasteiger partial charge is 0.0914 e. The van der Waals surface area contributed by atoms with Crippen LogP contribution in [0.4, 0.5) is 0 Å². The van der Waals surface area contributed by atoms with Gasteiger partial charge in [-0.2, -0.15) is 0 Å². The first kappa shape index (κ1) is 8.79. The lowest BCUT2D eigenvalue weighted by Crippen LogP contribution is -1.67. The van der Waals surface area contributed by atoms with E-state index in [4.69, 9.17) is 0 Å². The highest BCUT2D eigenvalue weighted by Gasteiger charge is 1.79. The Morgan fingerprint density at radius 1 is 1.08 bits per heavy atom. The van der Waals surface area contributed by atoms with E-state index in [1.807, 2.05) is 13.0 Å². The van der Waals surface area contributed by atoms with Crippen LogP contribution in [0, 0.1) is 0 Å². The van der Waals surface area contributed by atoms with Gasteiger partial charge in [0.15, 0.2) is 0 Å². The molecular formula is C12H14. The normalized spacial score (nSPS) is 11.4. The third kappa shape index (κ3) is 3.20. The maximum atomic E-state index is 2.16. The summed E-state index contributed by atoms with van der Waals surface area (Å²) in [5.41, 5.74) is 1.27. The number of hydrogen-bond acceptors (Lipinski definition) is 0. The van der Waals surface area contributed by atoms with Gasteiger partial charge in [-0.1, -0.05) is 54.6 Å². The zero-order valence-corrected chi connectivity index (χ0v) is 7.40. The van der Waals surface area contributed by atoms with Gasteiger partial charge in [-0.3, -0.25) is 0 Å². The van der Waals surface area contributed by atoms with E-state index in [1.165, 1.54) is 5.56 Å². The first-order chi connectivity index (χ1) is 5.93. The molecule has 0 heteroatoms. The minimum absolute atomic E-state index is 1.02. The molecule has 1 aromatic carbocycles. The summed E-state index contributed by atoms with van der Waals surface area (Å²) < 4.78 is 0. The van der Waals surface area contributed by atoms with Crippen molar-refractivity contribution in [2.24, 2.45) is 0 Å². The lowest BCUT2D eigenvalue weighted by molar-refractivity contribution is 1.39. The van der Waals surface area contributed by atoms with Crippen LogP contribution in [-0.2, 0) is 0 Å². The van der Waals surface area contributed by atoms with E-state index in [1.54, 1.807) is 0 Å². The molecule has 0 radical (unpaired) electrons. The molecule has 0 N–H and O–H groups in total. The molecule has 1 aromatic rings. The Morgan fingerprint density at radius 2 is 1.83 bits per heavy atom. The summed E-state index contributed by atoms with van der Waals surface area (Å²) in [6.45, 7) is 2.04. The minimum Gasteiger partial charge on any atom is -0.0914 e. The van der Waals surface area contributed by atoms with Crippen molar-refractivity contribution in [1.82, 2.24) is 0 Å². The Hall–Kier alpha value is -1.30. The van der Waals surface area contributed by atoms with Gasteiger partial charge >= 0.3 is 0 Å². The molecule has 0 saturated heterocycles. The van der Waals surface area contributed by atoms with Gasteiger partial charge in [0, 0.05) is 0 Å². The molecule has 0 saturated carbocycles. The fourth-order valence-corrected chi connectivity index (χ4v) is 0.983. The van der Waals surface area contributed by atoms with Gasteiger partial charge in [-0.05, 0) is 18.9 Å². The molecule has 0 heterocycles. The van der Waals surface area contributed by atoms with Crippen molar-refractivity contribution in [1.29, 1.82) is 0 Å². The summed E-state index contributed by atoms with van der Waals surface area (Å²) in [6, 6.07) is 10.3. The van der Waals surface area contributed by atoms with Crippen molar-refractivity contribution in [2.45, 2.75) is 13.3 Å². The zero-order valence-electron chi connectivity index (χ0n) is 7.40. The van der Waals surface area contributed by atoms with Crippen molar-refractivity contribution in [3.05, 3.63) is 54.1 Å². The topological polar surface area (TPSA) is 0 Å². The van der Waals surface area contributed by atoms with Crippen LogP contribution in [0.25, 0.3) is 6.08 Å². The molecular weight excluding hydrogens is 144 g/mol. The highest BCUT2D eigenvalue weighted by Crippen LogP contribution is 2.01. The van der Waals surface area contributed by atoms with Crippen LogP contribution < -0.4 is 0 Å². The second kappa shape index (κ2) is 5.36. The standard InChI is InChI=1S/C12H14/c1-2-3-4-6-9-12-10-7-5-8-11-12/h2-3,5-11H,4H2,1H3/b3-2-,9-6-. The van der Waals surface area contributed by atoms with Crippen LogP contribution in [0.3, 0.4) is 0 Å². The Balaban J connectivity index is 2.47.